The van der Waals surface area contributed by atoms with Gasteiger partial charge < -0.3 is 20.7 Å². The van der Waals surface area contributed by atoms with Crippen LogP contribution in [0.3, 0.4) is 0 Å². The summed E-state index contributed by atoms with van der Waals surface area (Å²) in [4.78, 5) is 20.2. The first-order chi connectivity index (χ1) is 13.5. The van der Waals surface area contributed by atoms with Gasteiger partial charge in [-0.25, -0.2) is 0 Å². The van der Waals surface area contributed by atoms with Crippen molar-refractivity contribution in [2.45, 2.75) is 26.8 Å². The quantitative estimate of drug-likeness (QED) is 0.482. The number of aromatic nitrogens is 1. The largest absolute Gasteiger partial charge is 0.493 e. The van der Waals surface area contributed by atoms with Gasteiger partial charge in [0.1, 0.15) is 5.75 Å². The highest BCUT2D eigenvalue weighted by Crippen LogP contribution is 2.18. The molecule has 0 aliphatic rings. The molecule has 1 unspecified atom stereocenters. The van der Waals surface area contributed by atoms with Gasteiger partial charge in [-0.3, -0.25) is 14.8 Å². The van der Waals surface area contributed by atoms with E-state index >= 15 is 0 Å². The van der Waals surface area contributed by atoms with Crippen molar-refractivity contribution in [1.82, 2.24) is 15.6 Å². The Balaban J connectivity index is 1.82. The van der Waals surface area contributed by atoms with Crippen molar-refractivity contribution in [2.75, 3.05) is 25.5 Å². The second-order valence-corrected chi connectivity index (χ2v) is 6.86. The number of hydrogen-bond acceptors (Lipinski definition) is 4. The lowest BCUT2D eigenvalue weighted by Crippen LogP contribution is -2.42. The summed E-state index contributed by atoms with van der Waals surface area (Å²) in [6, 6.07) is 11.6. The molecule has 0 fully saturated rings. The van der Waals surface area contributed by atoms with Gasteiger partial charge in [0.15, 0.2) is 5.96 Å². The Morgan fingerprint density at radius 2 is 1.93 bits per heavy atom. The van der Waals surface area contributed by atoms with E-state index in [2.05, 4.69) is 39.8 Å². The Labute approximate surface area is 166 Å². The molecule has 0 saturated carbocycles. The molecule has 7 nitrogen and oxygen atoms in total. The number of guanidine groups is 1. The van der Waals surface area contributed by atoms with Crippen LogP contribution in [0.2, 0.25) is 0 Å². The van der Waals surface area contributed by atoms with Gasteiger partial charge in [0, 0.05) is 13.2 Å². The van der Waals surface area contributed by atoms with Crippen LogP contribution >= 0.6 is 0 Å². The number of amides is 1. The maximum absolute atomic E-state index is 12.0. The maximum atomic E-state index is 12.0. The number of carbonyl (C=O) groups excluding carboxylic acids is 1. The zero-order chi connectivity index (χ0) is 20.4. The monoisotopic (exact) mass is 383 g/mol. The number of benzene rings is 1. The number of nitrogens with zero attached hydrogens (tertiary/aromatic N) is 2. The van der Waals surface area contributed by atoms with E-state index in [1.54, 1.807) is 31.6 Å². The van der Waals surface area contributed by atoms with Crippen molar-refractivity contribution in [2.24, 2.45) is 10.9 Å². The van der Waals surface area contributed by atoms with Gasteiger partial charge in [0.25, 0.3) is 0 Å². The minimum absolute atomic E-state index is 0.0201. The van der Waals surface area contributed by atoms with E-state index in [9.17, 15) is 4.79 Å². The van der Waals surface area contributed by atoms with Crippen LogP contribution in [0.15, 0.2) is 53.8 Å². The molecule has 2 rings (SSSR count). The van der Waals surface area contributed by atoms with Crippen LogP contribution in [-0.4, -0.2) is 37.1 Å². The zero-order valence-corrected chi connectivity index (χ0v) is 16.9. The van der Waals surface area contributed by atoms with E-state index in [0.717, 1.165) is 11.3 Å². The molecule has 1 atom stereocenters. The lowest BCUT2D eigenvalue weighted by Gasteiger charge is -2.18. The van der Waals surface area contributed by atoms with Crippen molar-refractivity contribution >= 4 is 17.6 Å². The standard InChI is InChI=1S/C21H29N5O2/c1-15(2)14-28-19-9-7-17(8-10-19)16(3)25-21(22-4)24-13-20(27)26-18-6-5-11-23-12-18/h5-12,15-16H,13-14H2,1-4H3,(H,26,27)(H2,22,24,25). The van der Waals surface area contributed by atoms with Crippen LogP contribution in [-0.2, 0) is 4.79 Å². The number of pyridine rings is 1. The molecule has 2 aromatic rings. The van der Waals surface area contributed by atoms with Gasteiger partial charge in [-0.15, -0.1) is 0 Å². The second kappa shape index (κ2) is 10.9. The molecule has 0 aliphatic heterocycles. The predicted molar refractivity (Wildman–Crippen MR) is 113 cm³/mol. The number of hydrogen-bond donors (Lipinski definition) is 3. The predicted octanol–water partition coefficient (Wildman–Crippen LogP) is 2.98. The van der Waals surface area contributed by atoms with E-state index in [1.165, 1.54) is 0 Å². The number of rotatable bonds is 8. The number of carbonyl (C=O) groups is 1. The Morgan fingerprint density at radius 1 is 1.18 bits per heavy atom. The number of aliphatic imine (C=N–C) groups is 1. The van der Waals surface area contributed by atoms with Gasteiger partial charge in [0.2, 0.25) is 5.91 Å². The van der Waals surface area contributed by atoms with Crippen LogP contribution in [0.1, 0.15) is 32.4 Å². The molecule has 0 saturated heterocycles. The molecule has 1 aromatic heterocycles. The highest BCUT2D eigenvalue weighted by atomic mass is 16.5. The molecule has 7 heteroatoms. The van der Waals surface area contributed by atoms with Gasteiger partial charge in [-0.05, 0) is 42.7 Å². The molecule has 0 aliphatic carbocycles. The van der Waals surface area contributed by atoms with E-state index in [-0.39, 0.29) is 18.5 Å². The van der Waals surface area contributed by atoms with E-state index in [4.69, 9.17) is 4.74 Å². The van der Waals surface area contributed by atoms with E-state index in [1.807, 2.05) is 31.2 Å². The van der Waals surface area contributed by atoms with Crippen LogP contribution in [0.5, 0.6) is 5.75 Å². The minimum Gasteiger partial charge on any atom is -0.493 e. The third-order valence-corrected chi connectivity index (χ3v) is 3.90. The molecule has 1 amide bonds. The van der Waals surface area contributed by atoms with Crippen LogP contribution in [0, 0.1) is 5.92 Å². The average molecular weight is 383 g/mol. The fourth-order valence-corrected chi connectivity index (χ4v) is 2.40. The van der Waals surface area contributed by atoms with Gasteiger partial charge >= 0.3 is 0 Å². The molecule has 1 heterocycles. The van der Waals surface area contributed by atoms with Crippen molar-refractivity contribution < 1.29 is 9.53 Å². The minimum atomic E-state index is -0.171. The summed E-state index contributed by atoms with van der Waals surface area (Å²) >= 11 is 0. The van der Waals surface area contributed by atoms with E-state index in [0.29, 0.717) is 24.2 Å². The summed E-state index contributed by atoms with van der Waals surface area (Å²) < 4.78 is 5.71. The molecular formula is C21H29N5O2. The fourth-order valence-electron chi connectivity index (χ4n) is 2.40. The third kappa shape index (κ3) is 7.26. The van der Waals surface area contributed by atoms with Crippen LogP contribution < -0.4 is 20.7 Å². The molecular weight excluding hydrogens is 354 g/mol. The van der Waals surface area contributed by atoms with Crippen molar-refractivity contribution in [3.05, 3.63) is 54.4 Å². The summed E-state index contributed by atoms with van der Waals surface area (Å²) in [6.07, 6.45) is 3.26. The van der Waals surface area contributed by atoms with Gasteiger partial charge in [-0.1, -0.05) is 26.0 Å². The summed E-state index contributed by atoms with van der Waals surface area (Å²) in [6.45, 7) is 7.08. The maximum Gasteiger partial charge on any atom is 0.243 e. The first kappa shape index (κ1) is 21.2. The van der Waals surface area contributed by atoms with Crippen molar-refractivity contribution in [3.8, 4) is 5.75 Å². The molecule has 0 spiro atoms. The third-order valence-electron chi connectivity index (χ3n) is 3.90. The van der Waals surface area contributed by atoms with Crippen LogP contribution in [0.4, 0.5) is 5.69 Å². The Kier molecular flexibility index (Phi) is 8.27. The van der Waals surface area contributed by atoms with Gasteiger partial charge in [0.05, 0.1) is 31.1 Å². The second-order valence-electron chi connectivity index (χ2n) is 6.86. The molecule has 28 heavy (non-hydrogen) atoms. The Morgan fingerprint density at radius 3 is 2.54 bits per heavy atom. The highest BCUT2D eigenvalue weighted by Gasteiger charge is 2.10. The molecule has 150 valence electrons. The summed E-state index contributed by atoms with van der Waals surface area (Å²) in [7, 11) is 1.67. The Bertz CT molecular complexity index is 760. The molecule has 3 N–H and O–H groups in total. The highest BCUT2D eigenvalue weighted by molar-refractivity contribution is 5.94. The van der Waals surface area contributed by atoms with Gasteiger partial charge in [-0.2, -0.15) is 0 Å². The summed E-state index contributed by atoms with van der Waals surface area (Å²) in [5.74, 6) is 1.73. The van der Waals surface area contributed by atoms with Crippen molar-refractivity contribution in [3.63, 3.8) is 0 Å². The SMILES string of the molecule is CN=C(NCC(=O)Nc1cccnc1)NC(C)c1ccc(OCC(C)C)cc1. The number of nitrogens with one attached hydrogen (secondary N) is 3. The topological polar surface area (TPSA) is 87.6 Å². The smallest absolute Gasteiger partial charge is 0.243 e. The number of ether oxygens (including phenoxy) is 1. The molecule has 0 radical (unpaired) electrons. The number of anilines is 1. The lowest BCUT2D eigenvalue weighted by molar-refractivity contribution is -0.115. The van der Waals surface area contributed by atoms with E-state index < -0.39 is 0 Å². The normalized spacial score (nSPS) is 12.4. The molecule has 0 bridgehead atoms. The first-order valence-electron chi connectivity index (χ1n) is 9.37. The summed E-state index contributed by atoms with van der Waals surface area (Å²) in [5, 5.41) is 9.07. The first-order valence-corrected chi connectivity index (χ1v) is 9.37. The summed E-state index contributed by atoms with van der Waals surface area (Å²) in [5.41, 5.74) is 1.75. The Hall–Kier alpha value is -3.09. The zero-order valence-electron chi connectivity index (χ0n) is 16.9. The average Bonchev–Trinajstić information content (AvgIpc) is 2.70. The lowest BCUT2D eigenvalue weighted by atomic mass is 10.1. The molecule has 1 aromatic carbocycles. The van der Waals surface area contributed by atoms with Crippen LogP contribution in [0.25, 0.3) is 0 Å². The fraction of sp³-hybridized carbons (Fsp3) is 0.381. The van der Waals surface area contributed by atoms with Crippen molar-refractivity contribution in [1.29, 1.82) is 0 Å².